The zero-order chi connectivity index (χ0) is 24.2. The molecule has 0 radical (unpaired) electrons. The number of carbonyl (C=O) groups is 2. The third-order valence-corrected chi connectivity index (χ3v) is 7.27. The number of rotatable bonds is 8. The third-order valence-electron chi connectivity index (χ3n) is 4.75. The minimum atomic E-state index is -3.98. The van der Waals surface area contributed by atoms with Gasteiger partial charge >= 0.3 is 5.97 Å². The van der Waals surface area contributed by atoms with Gasteiger partial charge in [0.2, 0.25) is 0 Å². The molecule has 1 N–H and O–H groups in total. The van der Waals surface area contributed by atoms with Crippen LogP contribution in [0.5, 0.6) is 5.75 Å². The standard InChI is InChI=1S/C22H23N3O6S2/c1-5-31-21(27)17-13-32-22(23-17)24-20(26)16-12-15(11-10-14(16)2)33(28,29)25(3)18-8-6-7-9-19(18)30-4/h6-13H,5H2,1-4H3,(H,23,24,26). The fourth-order valence-electron chi connectivity index (χ4n) is 2.98. The first kappa shape index (κ1) is 24.2. The van der Waals surface area contributed by atoms with Crippen molar-refractivity contribution in [1.82, 2.24) is 4.98 Å². The van der Waals surface area contributed by atoms with Gasteiger partial charge in [-0.25, -0.2) is 18.2 Å². The molecule has 0 atom stereocenters. The van der Waals surface area contributed by atoms with Crippen LogP contribution in [0.15, 0.2) is 52.7 Å². The highest BCUT2D eigenvalue weighted by Crippen LogP contribution is 2.31. The van der Waals surface area contributed by atoms with E-state index in [4.69, 9.17) is 9.47 Å². The summed E-state index contributed by atoms with van der Waals surface area (Å²) in [5.41, 5.74) is 1.19. The second-order valence-electron chi connectivity index (χ2n) is 6.83. The highest BCUT2D eigenvalue weighted by Gasteiger charge is 2.25. The van der Waals surface area contributed by atoms with Crippen LogP contribution in [0.3, 0.4) is 0 Å². The number of hydrogen-bond acceptors (Lipinski definition) is 8. The maximum atomic E-state index is 13.3. The molecule has 11 heteroatoms. The van der Waals surface area contributed by atoms with Gasteiger partial charge < -0.3 is 9.47 Å². The molecule has 2 aromatic carbocycles. The van der Waals surface area contributed by atoms with Crippen molar-refractivity contribution >= 4 is 44.1 Å². The molecule has 9 nitrogen and oxygen atoms in total. The molecule has 1 heterocycles. The van der Waals surface area contributed by atoms with Crippen LogP contribution in [0.2, 0.25) is 0 Å². The number of aryl methyl sites for hydroxylation is 1. The summed E-state index contributed by atoms with van der Waals surface area (Å²) >= 11 is 1.06. The molecule has 33 heavy (non-hydrogen) atoms. The number of aromatic nitrogens is 1. The van der Waals surface area contributed by atoms with E-state index >= 15 is 0 Å². The summed E-state index contributed by atoms with van der Waals surface area (Å²) in [6.07, 6.45) is 0. The Morgan fingerprint density at radius 3 is 2.61 bits per heavy atom. The molecule has 1 aromatic heterocycles. The number of esters is 1. The molecule has 0 unspecified atom stereocenters. The van der Waals surface area contributed by atoms with Crippen molar-refractivity contribution in [2.24, 2.45) is 0 Å². The van der Waals surface area contributed by atoms with E-state index in [2.05, 4.69) is 10.3 Å². The SMILES string of the molecule is CCOC(=O)c1csc(NC(=O)c2cc(S(=O)(=O)N(C)c3ccccc3OC)ccc2C)n1. The van der Waals surface area contributed by atoms with Crippen molar-refractivity contribution in [2.75, 3.05) is 30.4 Å². The number of nitrogens with one attached hydrogen (secondary N) is 1. The molecule has 0 bridgehead atoms. The summed E-state index contributed by atoms with van der Waals surface area (Å²) in [5.74, 6) is -0.734. The molecule has 0 aliphatic heterocycles. The minimum Gasteiger partial charge on any atom is -0.495 e. The Kier molecular flexibility index (Phi) is 7.34. The monoisotopic (exact) mass is 489 g/mol. The Bertz CT molecular complexity index is 1290. The number of nitrogens with zero attached hydrogens (tertiary/aromatic N) is 2. The van der Waals surface area contributed by atoms with Crippen molar-refractivity contribution in [3.8, 4) is 5.75 Å². The van der Waals surface area contributed by atoms with Crippen molar-refractivity contribution < 1.29 is 27.5 Å². The van der Waals surface area contributed by atoms with E-state index in [0.717, 1.165) is 15.6 Å². The zero-order valence-electron chi connectivity index (χ0n) is 18.5. The average molecular weight is 490 g/mol. The molecule has 0 saturated heterocycles. The highest BCUT2D eigenvalue weighted by atomic mass is 32.2. The van der Waals surface area contributed by atoms with E-state index in [-0.39, 0.29) is 27.9 Å². The van der Waals surface area contributed by atoms with Gasteiger partial charge in [0.15, 0.2) is 10.8 Å². The molecule has 0 saturated carbocycles. The molecular weight excluding hydrogens is 466 g/mol. The van der Waals surface area contributed by atoms with Gasteiger partial charge in [0.25, 0.3) is 15.9 Å². The zero-order valence-corrected chi connectivity index (χ0v) is 20.1. The van der Waals surface area contributed by atoms with Gasteiger partial charge in [-0.1, -0.05) is 18.2 Å². The first-order chi connectivity index (χ1) is 15.7. The Morgan fingerprint density at radius 2 is 1.91 bits per heavy atom. The first-order valence-corrected chi connectivity index (χ1v) is 12.2. The molecular formula is C22H23N3O6S2. The van der Waals surface area contributed by atoms with Crippen molar-refractivity contribution in [2.45, 2.75) is 18.7 Å². The number of anilines is 2. The van der Waals surface area contributed by atoms with E-state index < -0.39 is 21.9 Å². The maximum Gasteiger partial charge on any atom is 0.357 e. The quantitative estimate of drug-likeness (QED) is 0.480. The predicted molar refractivity (Wildman–Crippen MR) is 126 cm³/mol. The van der Waals surface area contributed by atoms with Gasteiger partial charge in [0.05, 0.1) is 24.3 Å². The van der Waals surface area contributed by atoms with Crippen molar-refractivity contribution in [1.29, 1.82) is 0 Å². The number of para-hydroxylation sites is 2. The van der Waals surface area contributed by atoms with Crippen LogP contribution in [0.4, 0.5) is 10.8 Å². The molecule has 0 fully saturated rings. The number of sulfonamides is 1. The number of hydrogen-bond donors (Lipinski definition) is 1. The van der Waals surface area contributed by atoms with Gasteiger partial charge in [-0.3, -0.25) is 14.4 Å². The Balaban J connectivity index is 1.88. The van der Waals surface area contributed by atoms with Crippen LogP contribution in [0, 0.1) is 6.92 Å². The van der Waals surface area contributed by atoms with Crippen LogP contribution in [-0.4, -0.2) is 46.0 Å². The average Bonchev–Trinajstić information content (AvgIpc) is 3.27. The molecule has 1 amide bonds. The van der Waals surface area contributed by atoms with Gasteiger partial charge in [-0.05, 0) is 43.7 Å². The number of amides is 1. The van der Waals surface area contributed by atoms with E-state index in [1.54, 1.807) is 44.2 Å². The van der Waals surface area contributed by atoms with Gasteiger partial charge in [0, 0.05) is 18.0 Å². The van der Waals surface area contributed by atoms with E-state index in [9.17, 15) is 18.0 Å². The summed E-state index contributed by atoms with van der Waals surface area (Å²) in [4.78, 5) is 28.6. The summed E-state index contributed by atoms with van der Waals surface area (Å²) < 4.78 is 37.8. The molecule has 174 valence electrons. The fourth-order valence-corrected chi connectivity index (χ4v) is 4.89. The van der Waals surface area contributed by atoms with Crippen LogP contribution in [-0.2, 0) is 14.8 Å². The largest absolute Gasteiger partial charge is 0.495 e. The highest BCUT2D eigenvalue weighted by molar-refractivity contribution is 7.92. The fraction of sp³-hybridized carbons (Fsp3) is 0.227. The molecule has 0 aliphatic carbocycles. The lowest BCUT2D eigenvalue weighted by Crippen LogP contribution is -2.27. The van der Waals surface area contributed by atoms with Crippen LogP contribution in [0.1, 0.15) is 33.3 Å². The maximum absolute atomic E-state index is 13.3. The lowest BCUT2D eigenvalue weighted by atomic mass is 10.1. The second-order valence-corrected chi connectivity index (χ2v) is 9.66. The lowest BCUT2D eigenvalue weighted by Gasteiger charge is -2.22. The van der Waals surface area contributed by atoms with E-state index in [0.29, 0.717) is 17.0 Å². The number of thiazole rings is 1. The van der Waals surface area contributed by atoms with Gasteiger partial charge in [-0.2, -0.15) is 0 Å². The normalized spacial score (nSPS) is 11.0. The Labute approximate surface area is 196 Å². The van der Waals surface area contributed by atoms with Gasteiger partial charge in [0.1, 0.15) is 5.75 Å². The summed E-state index contributed by atoms with van der Waals surface area (Å²) in [5, 5.41) is 4.28. The minimum absolute atomic E-state index is 0.0574. The number of methoxy groups -OCH3 is 1. The van der Waals surface area contributed by atoms with Crippen molar-refractivity contribution in [3.05, 3.63) is 64.7 Å². The summed E-state index contributed by atoms with van der Waals surface area (Å²) in [6, 6.07) is 11.0. The van der Waals surface area contributed by atoms with Crippen LogP contribution in [0.25, 0.3) is 0 Å². The number of benzene rings is 2. The topological polar surface area (TPSA) is 115 Å². The van der Waals surface area contributed by atoms with Crippen LogP contribution < -0.4 is 14.4 Å². The molecule has 0 aliphatic rings. The number of ether oxygens (including phenoxy) is 2. The van der Waals surface area contributed by atoms with E-state index in [1.165, 1.54) is 31.7 Å². The summed E-state index contributed by atoms with van der Waals surface area (Å²) in [7, 11) is -1.11. The smallest absolute Gasteiger partial charge is 0.357 e. The van der Waals surface area contributed by atoms with Crippen LogP contribution >= 0.6 is 11.3 Å². The Morgan fingerprint density at radius 1 is 1.18 bits per heavy atom. The second kappa shape index (κ2) is 10.0. The Hall–Kier alpha value is -3.44. The molecule has 3 rings (SSSR count). The number of carbonyl (C=O) groups excluding carboxylic acids is 2. The van der Waals surface area contributed by atoms with Crippen molar-refractivity contribution in [3.63, 3.8) is 0 Å². The molecule has 3 aromatic rings. The predicted octanol–water partition coefficient (Wildman–Crippen LogP) is 3.71. The lowest BCUT2D eigenvalue weighted by molar-refractivity contribution is 0.0520. The third kappa shape index (κ3) is 5.15. The van der Waals surface area contributed by atoms with Gasteiger partial charge in [-0.15, -0.1) is 11.3 Å². The summed E-state index contributed by atoms with van der Waals surface area (Å²) in [6.45, 7) is 3.59. The first-order valence-electron chi connectivity index (χ1n) is 9.85. The van der Waals surface area contributed by atoms with E-state index in [1.807, 2.05) is 0 Å². The molecule has 0 spiro atoms.